The van der Waals surface area contributed by atoms with Gasteiger partial charge in [0.2, 0.25) is 0 Å². The van der Waals surface area contributed by atoms with Crippen LogP contribution in [-0.2, 0) is 0 Å². The van der Waals surface area contributed by atoms with Crippen LogP contribution in [0.3, 0.4) is 0 Å². The molecule has 2 aliphatic carbocycles. The molecule has 2 saturated carbocycles. The SMILES string of the molecule is C(#Cc1ccc2nc([C@@H]3C[C@H]4C[C@H]4N3)[nH]c2c1)c1ccc2c(ccc3[nH]c([C@@H]4C[C@H]5C[C@H]5N4)nc32)c1. The number of nitrogens with zero attached hydrogens (tertiary/aromatic N) is 2. The zero-order valence-corrected chi connectivity index (χ0v) is 19.8. The summed E-state index contributed by atoms with van der Waals surface area (Å²) in [6.45, 7) is 0. The topological polar surface area (TPSA) is 81.4 Å². The Morgan fingerprint density at radius 3 is 2.11 bits per heavy atom. The molecule has 4 heterocycles. The summed E-state index contributed by atoms with van der Waals surface area (Å²) in [6, 6.07) is 19.2. The van der Waals surface area contributed by atoms with E-state index in [1.165, 1.54) is 36.5 Å². The normalized spacial score (nSPS) is 29.9. The second kappa shape index (κ2) is 6.97. The van der Waals surface area contributed by atoms with Crippen LogP contribution in [0.15, 0.2) is 48.5 Å². The highest BCUT2D eigenvalue weighted by molar-refractivity contribution is 6.04. The van der Waals surface area contributed by atoms with Crippen LogP contribution in [0.1, 0.15) is 60.5 Å². The zero-order valence-electron chi connectivity index (χ0n) is 19.8. The van der Waals surface area contributed by atoms with Crippen molar-refractivity contribution >= 4 is 32.8 Å². The summed E-state index contributed by atoms with van der Waals surface area (Å²) >= 11 is 0. The molecule has 4 N–H and O–H groups in total. The maximum absolute atomic E-state index is 5.00. The molecule has 6 nitrogen and oxygen atoms in total. The van der Waals surface area contributed by atoms with E-state index >= 15 is 0 Å². The van der Waals surface area contributed by atoms with Gasteiger partial charge in [-0.1, -0.05) is 24.0 Å². The second-order valence-electron chi connectivity index (χ2n) is 11.2. The third-order valence-electron chi connectivity index (χ3n) is 8.75. The van der Waals surface area contributed by atoms with Crippen molar-refractivity contribution < 1.29 is 0 Å². The molecule has 6 heteroatoms. The molecule has 2 aromatic heterocycles. The number of H-pyrrole nitrogens is 2. The standard InChI is InChI=1S/C30H26N6/c1(2-16-4-7-21-25(10-16)35-29(33-21)26-13-18-11-23(18)31-26)15-3-6-20-17(9-15)5-8-22-28(20)36-30(34-22)27-14-19-12-24(19)32-27/h3-10,18-19,23-24,26-27,31-32H,11-14H2,(H,33,35)(H,34,36)/t18-,19-,23-,24-,26+,27+/m1/s1. The highest BCUT2D eigenvalue weighted by atomic mass is 15.1. The first kappa shape index (κ1) is 19.5. The number of benzene rings is 3. The van der Waals surface area contributed by atoms with E-state index < -0.39 is 0 Å². The third kappa shape index (κ3) is 3.06. The van der Waals surface area contributed by atoms with E-state index in [1.54, 1.807) is 0 Å². The Morgan fingerprint density at radius 2 is 1.36 bits per heavy atom. The Hall–Kier alpha value is -3.66. The lowest BCUT2D eigenvalue weighted by atomic mass is 10.1. The molecule has 2 saturated heterocycles. The molecular formula is C30H26N6. The number of imidazole rings is 2. The lowest BCUT2D eigenvalue weighted by Gasteiger charge is -2.08. The zero-order chi connectivity index (χ0) is 23.4. The van der Waals surface area contributed by atoms with Gasteiger partial charge >= 0.3 is 0 Å². The van der Waals surface area contributed by atoms with Gasteiger partial charge in [0.25, 0.3) is 0 Å². The van der Waals surface area contributed by atoms with E-state index in [0.717, 1.165) is 56.7 Å². The van der Waals surface area contributed by atoms with Crippen LogP contribution >= 0.6 is 0 Å². The van der Waals surface area contributed by atoms with Gasteiger partial charge in [-0.3, -0.25) is 0 Å². The molecule has 4 fully saturated rings. The summed E-state index contributed by atoms with van der Waals surface area (Å²) in [5.41, 5.74) is 6.23. The number of fused-ring (bicyclic) bond motifs is 6. The number of piperidine rings is 2. The lowest BCUT2D eigenvalue weighted by molar-refractivity contribution is 0.544. The minimum Gasteiger partial charge on any atom is -0.341 e. The van der Waals surface area contributed by atoms with Gasteiger partial charge in [-0.25, -0.2) is 9.97 Å². The highest BCUT2D eigenvalue weighted by Gasteiger charge is 2.47. The molecule has 3 aromatic carbocycles. The van der Waals surface area contributed by atoms with Crippen LogP contribution in [0.5, 0.6) is 0 Å². The predicted octanol–water partition coefficient (Wildman–Crippen LogP) is 4.84. The van der Waals surface area contributed by atoms with E-state index in [1.807, 2.05) is 0 Å². The molecule has 36 heavy (non-hydrogen) atoms. The molecule has 0 radical (unpaired) electrons. The van der Waals surface area contributed by atoms with E-state index in [4.69, 9.17) is 9.97 Å². The molecule has 176 valence electrons. The van der Waals surface area contributed by atoms with E-state index in [-0.39, 0.29) is 0 Å². The van der Waals surface area contributed by atoms with E-state index in [2.05, 4.69) is 81.0 Å². The quantitative estimate of drug-likeness (QED) is 0.278. The van der Waals surface area contributed by atoms with Crippen molar-refractivity contribution in [2.45, 2.75) is 49.9 Å². The average Bonchev–Trinajstić information content (AvgIpc) is 3.50. The fraction of sp³-hybridized carbons (Fsp3) is 0.333. The molecule has 0 spiro atoms. The van der Waals surface area contributed by atoms with Crippen molar-refractivity contribution in [3.05, 3.63) is 71.3 Å². The maximum Gasteiger partial charge on any atom is 0.124 e. The lowest BCUT2D eigenvalue weighted by Crippen LogP contribution is -2.18. The van der Waals surface area contributed by atoms with E-state index in [9.17, 15) is 0 Å². The van der Waals surface area contributed by atoms with Gasteiger partial charge in [0.05, 0.1) is 34.2 Å². The molecule has 6 atom stereocenters. The van der Waals surface area contributed by atoms with Crippen molar-refractivity contribution in [2.24, 2.45) is 11.8 Å². The van der Waals surface area contributed by atoms with Crippen molar-refractivity contribution in [1.29, 1.82) is 0 Å². The Labute approximate surface area is 208 Å². The maximum atomic E-state index is 5.00. The third-order valence-corrected chi connectivity index (χ3v) is 8.75. The molecule has 4 aliphatic rings. The second-order valence-corrected chi connectivity index (χ2v) is 11.2. The van der Waals surface area contributed by atoms with Gasteiger partial charge in [0.15, 0.2) is 0 Å². The minimum atomic E-state index is 0.365. The van der Waals surface area contributed by atoms with Crippen molar-refractivity contribution in [3.63, 3.8) is 0 Å². The monoisotopic (exact) mass is 470 g/mol. The van der Waals surface area contributed by atoms with Gasteiger partial charge in [-0.05, 0) is 79.3 Å². The summed E-state index contributed by atoms with van der Waals surface area (Å²) in [5, 5.41) is 9.73. The number of rotatable bonds is 2. The average molecular weight is 471 g/mol. The Bertz CT molecular complexity index is 1750. The van der Waals surface area contributed by atoms with Crippen molar-refractivity contribution in [1.82, 2.24) is 30.6 Å². The predicted molar refractivity (Wildman–Crippen MR) is 140 cm³/mol. The Kier molecular flexibility index (Phi) is 3.78. The summed E-state index contributed by atoms with van der Waals surface area (Å²) in [6.07, 6.45) is 5.06. The molecule has 0 bridgehead atoms. The molecule has 9 rings (SSSR count). The van der Waals surface area contributed by atoms with Crippen molar-refractivity contribution in [3.8, 4) is 11.8 Å². The number of aromatic amines is 2. The van der Waals surface area contributed by atoms with Gasteiger partial charge in [-0.2, -0.15) is 0 Å². The van der Waals surface area contributed by atoms with Crippen molar-refractivity contribution in [2.75, 3.05) is 0 Å². The fourth-order valence-electron chi connectivity index (χ4n) is 6.54. The van der Waals surface area contributed by atoms with Gasteiger partial charge in [0, 0.05) is 28.6 Å². The largest absolute Gasteiger partial charge is 0.341 e. The van der Waals surface area contributed by atoms with E-state index in [0.29, 0.717) is 24.2 Å². The first-order valence-corrected chi connectivity index (χ1v) is 13.2. The highest BCUT2D eigenvalue weighted by Crippen LogP contribution is 2.46. The summed E-state index contributed by atoms with van der Waals surface area (Å²) in [7, 11) is 0. The summed E-state index contributed by atoms with van der Waals surface area (Å²) in [5.74, 6) is 10.6. The Morgan fingerprint density at radius 1 is 0.667 bits per heavy atom. The van der Waals surface area contributed by atoms with Crippen LogP contribution in [0.2, 0.25) is 0 Å². The molecule has 5 aromatic rings. The fourth-order valence-corrected chi connectivity index (χ4v) is 6.54. The number of hydrogen-bond donors (Lipinski definition) is 4. The van der Waals surface area contributed by atoms with Crippen LogP contribution < -0.4 is 10.6 Å². The molecular weight excluding hydrogens is 444 g/mol. The van der Waals surface area contributed by atoms with Crippen LogP contribution in [-0.4, -0.2) is 32.0 Å². The summed E-state index contributed by atoms with van der Waals surface area (Å²) in [4.78, 5) is 16.9. The first-order valence-electron chi connectivity index (χ1n) is 13.2. The number of hydrogen-bond acceptors (Lipinski definition) is 4. The van der Waals surface area contributed by atoms with Crippen LogP contribution in [0.4, 0.5) is 0 Å². The van der Waals surface area contributed by atoms with Gasteiger partial charge in [0.1, 0.15) is 11.6 Å². The van der Waals surface area contributed by atoms with Crippen LogP contribution in [0.25, 0.3) is 32.8 Å². The molecule has 0 unspecified atom stereocenters. The van der Waals surface area contributed by atoms with Crippen LogP contribution in [0, 0.1) is 23.7 Å². The summed E-state index contributed by atoms with van der Waals surface area (Å²) < 4.78 is 0. The smallest absolute Gasteiger partial charge is 0.124 e. The number of aromatic nitrogens is 4. The number of nitrogens with one attached hydrogen (secondary N) is 4. The van der Waals surface area contributed by atoms with Gasteiger partial charge in [-0.15, -0.1) is 0 Å². The minimum absolute atomic E-state index is 0.365. The Balaban J connectivity index is 1.01. The molecule has 2 aliphatic heterocycles. The molecule has 0 amide bonds. The first-order chi connectivity index (χ1) is 17.7. The van der Waals surface area contributed by atoms with Gasteiger partial charge < -0.3 is 20.6 Å².